The molecule has 0 unspecified atom stereocenters. The average Bonchev–Trinajstić information content (AvgIpc) is 2.64. The van der Waals surface area contributed by atoms with Crippen LogP contribution >= 0.6 is 11.6 Å². The lowest BCUT2D eigenvalue weighted by atomic mass is 10.2. The highest BCUT2D eigenvalue weighted by Crippen LogP contribution is 2.27. The predicted molar refractivity (Wildman–Crippen MR) is 103 cm³/mol. The van der Waals surface area contributed by atoms with Gasteiger partial charge in [0.25, 0.3) is 5.69 Å². The normalized spacial score (nSPS) is 15.0. The summed E-state index contributed by atoms with van der Waals surface area (Å²) in [6, 6.07) is 12.4. The first-order valence-electron chi connectivity index (χ1n) is 8.43. The van der Waals surface area contributed by atoms with Gasteiger partial charge in [0.2, 0.25) is 0 Å². The van der Waals surface area contributed by atoms with E-state index in [0.29, 0.717) is 12.4 Å². The Balaban J connectivity index is 1.47. The fraction of sp³-hybridized carbons (Fsp3) is 0.333. The molecule has 1 aliphatic rings. The Labute approximate surface area is 157 Å². The minimum atomic E-state index is -0.504. The molecule has 0 atom stereocenters. The Morgan fingerprint density at radius 2 is 1.88 bits per heavy atom. The fourth-order valence-corrected chi connectivity index (χ4v) is 3.24. The number of piperazine rings is 1. The average molecular weight is 377 g/mol. The van der Waals surface area contributed by atoms with Crippen LogP contribution in [0.25, 0.3) is 0 Å². The summed E-state index contributed by atoms with van der Waals surface area (Å²) in [6.07, 6.45) is 0. The molecule has 1 aliphatic heterocycles. The summed E-state index contributed by atoms with van der Waals surface area (Å²) in [5, 5.41) is 11.7. The molecule has 0 bridgehead atoms. The van der Waals surface area contributed by atoms with E-state index in [0.717, 1.165) is 43.4 Å². The quantitative estimate of drug-likeness (QED) is 0.474. The molecular formula is C18H21ClN4O3. The van der Waals surface area contributed by atoms with E-state index in [-0.39, 0.29) is 11.4 Å². The maximum Gasteiger partial charge on any atom is 0.295 e. The number of hydrogen-bond donors (Lipinski definition) is 1. The highest BCUT2D eigenvalue weighted by Gasteiger charge is 2.19. The first-order valence-corrected chi connectivity index (χ1v) is 8.81. The number of anilines is 2. The van der Waals surface area contributed by atoms with Crippen molar-refractivity contribution in [1.29, 1.82) is 0 Å². The smallest absolute Gasteiger partial charge is 0.295 e. The van der Waals surface area contributed by atoms with Crippen molar-refractivity contribution >= 4 is 28.7 Å². The molecule has 0 saturated carbocycles. The number of halogens is 1. The van der Waals surface area contributed by atoms with Crippen LogP contribution in [0.5, 0.6) is 5.75 Å². The van der Waals surface area contributed by atoms with Crippen LogP contribution in [0.2, 0.25) is 5.02 Å². The molecule has 2 aromatic rings. The molecule has 0 aromatic heterocycles. The van der Waals surface area contributed by atoms with Crippen molar-refractivity contribution in [2.45, 2.75) is 0 Å². The van der Waals surface area contributed by atoms with Crippen molar-refractivity contribution in [2.24, 2.45) is 0 Å². The molecule has 1 fully saturated rings. The van der Waals surface area contributed by atoms with Gasteiger partial charge in [0.15, 0.2) is 0 Å². The molecule has 3 rings (SSSR count). The molecule has 1 saturated heterocycles. The van der Waals surface area contributed by atoms with Crippen molar-refractivity contribution in [3.05, 3.63) is 57.6 Å². The summed E-state index contributed by atoms with van der Waals surface area (Å²) in [6.45, 7) is 4.85. The number of nitrogens with zero attached hydrogens (tertiary/aromatic N) is 3. The molecule has 2 N–H and O–H groups in total. The van der Waals surface area contributed by atoms with E-state index < -0.39 is 4.92 Å². The molecular weight excluding hydrogens is 356 g/mol. The Morgan fingerprint density at radius 3 is 2.58 bits per heavy atom. The van der Waals surface area contributed by atoms with Gasteiger partial charge in [0.05, 0.1) is 21.7 Å². The van der Waals surface area contributed by atoms with Crippen LogP contribution in [0.15, 0.2) is 42.5 Å². The number of rotatable bonds is 6. The number of hydrogen-bond acceptors (Lipinski definition) is 6. The number of nitrogen functional groups attached to an aromatic ring is 1. The molecule has 0 spiro atoms. The van der Waals surface area contributed by atoms with E-state index >= 15 is 0 Å². The van der Waals surface area contributed by atoms with Gasteiger partial charge in [0, 0.05) is 32.7 Å². The summed E-state index contributed by atoms with van der Waals surface area (Å²) < 4.78 is 5.65. The van der Waals surface area contributed by atoms with Crippen molar-refractivity contribution in [3.63, 3.8) is 0 Å². The summed E-state index contributed by atoms with van der Waals surface area (Å²) in [7, 11) is 0. The summed E-state index contributed by atoms with van der Waals surface area (Å²) in [4.78, 5) is 15.0. The Kier molecular flexibility index (Phi) is 5.80. The summed E-state index contributed by atoms with van der Waals surface area (Å²) in [5.41, 5.74) is 6.67. The van der Waals surface area contributed by atoms with E-state index in [9.17, 15) is 10.1 Å². The Bertz CT molecular complexity index is 779. The van der Waals surface area contributed by atoms with E-state index in [2.05, 4.69) is 9.80 Å². The minimum Gasteiger partial charge on any atom is -0.492 e. The van der Waals surface area contributed by atoms with Gasteiger partial charge in [-0.2, -0.15) is 0 Å². The topological polar surface area (TPSA) is 84.9 Å². The lowest BCUT2D eigenvalue weighted by molar-refractivity contribution is -0.384. The maximum absolute atomic E-state index is 10.9. The number of benzene rings is 2. The summed E-state index contributed by atoms with van der Waals surface area (Å²) in [5.74, 6) is 0.459. The monoisotopic (exact) mass is 376 g/mol. The molecule has 2 aromatic carbocycles. The molecule has 8 heteroatoms. The van der Waals surface area contributed by atoms with Gasteiger partial charge in [-0.3, -0.25) is 15.0 Å². The third-order valence-corrected chi connectivity index (χ3v) is 4.76. The lowest BCUT2D eigenvalue weighted by Gasteiger charge is -2.36. The zero-order valence-electron chi connectivity index (χ0n) is 14.3. The van der Waals surface area contributed by atoms with Crippen LogP contribution in [0, 0.1) is 10.1 Å². The minimum absolute atomic E-state index is 0.129. The lowest BCUT2D eigenvalue weighted by Crippen LogP contribution is -2.47. The molecule has 1 heterocycles. The van der Waals surface area contributed by atoms with Gasteiger partial charge in [-0.1, -0.05) is 23.7 Å². The zero-order valence-corrected chi connectivity index (χ0v) is 15.1. The van der Waals surface area contributed by atoms with Crippen LogP contribution in [0.4, 0.5) is 17.1 Å². The highest BCUT2D eigenvalue weighted by atomic mass is 35.5. The molecule has 0 aliphatic carbocycles. The van der Waals surface area contributed by atoms with Crippen molar-refractivity contribution in [3.8, 4) is 5.75 Å². The molecule has 26 heavy (non-hydrogen) atoms. The van der Waals surface area contributed by atoms with Gasteiger partial charge in [0.1, 0.15) is 18.0 Å². The first kappa shape index (κ1) is 18.3. The number of nitro benzene ring substituents is 1. The summed E-state index contributed by atoms with van der Waals surface area (Å²) >= 11 is 6.26. The van der Waals surface area contributed by atoms with Crippen molar-refractivity contribution < 1.29 is 9.66 Å². The second kappa shape index (κ2) is 8.25. The number of para-hydroxylation sites is 1. The SMILES string of the molecule is Nc1ccc(OCCN2CCN(c3ccccc3Cl)CC2)cc1[N+](=O)[O-]. The Hall–Kier alpha value is -2.51. The van der Waals surface area contributed by atoms with Gasteiger partial charge >= 0.3 is 0 Å². The van der Waals surface area contributed by atoms with Crippen LogP contribution in [-0.4, -0.2) is 49.2 Å². The third-order valence-electron chi connectivity index (χ3n) is 4.44. The van der Waals surface area contributed by atoms with Gasteiger partial charge in [-0.25, -0.2) is 0 Å². The van der Waals surface area contributed by atoms with Crippen molar-refractivity contribution in [1.82, 2.24) is 4.90 Å². The van der Waals surface area contributed by atoms with E-state index in [1.807, 2.05) is 24.3 Å². The molecule has 138 valence electrons. The predicted octanol–water partition coefficient (Wildman–Crippen LogP) is 3.03. The van der Waals surface area contributed by atoms with E-state index in [1.165, 1.54) is 12.1 Å². The number of nitrogens with two attached hydrogens (primary N) is 1. The van der Waals surface area contributed by atoms with Crippen LogP contribution < -0.4 is 15.4 Å². The zero-order chi connectivity index (χ0) is 18.5. The van der Waals surface area contributed by atoms with Crippen molar-refractivity contribution in [2.75, 3.05) is 50.0 Å². The van der Waals surface area contributed by atoms with E-state index in [1.54, 1.807) is 6.07 Å². The van der Waals surface area contributed by atoms with Crippen LogP contribution in [0.3, 0.4) is 0 Å². The van der Waals surface area contributed by atoms with E-state index in [4.69, 9.17) is 22.1 Å². The standard InChI is InChI=1S/C18H21ClN4O3/c19-15-3-1-2-4-17(15)22-9-7-21(8-10-22)11-12-26-14-5-6-16(20)18(13-14)23(24)25/h1-6,13H,7-12,20H2. The highest BCUT2D eigenvalue weighted by molar-refractivity contribution is 6.33. The first-order chi connectivity index (χ1) is 12.5. The number of ether oxygens (including phenoxy) is 1. The number of nitro groups is 1. The fourth-order valence-electron chi connectivity index (χ4n) is 2.98. The van der Waals surface area contributed by atoms with Crippen LogP contribution in [-0.2, 0) is 0 Å². The second-order valence-electron chi connectivity index (χ2n) is 6.11. The molecule has 0 amide bonds. The Morgan fingerprint density at radius 1 is 1.15 bits per heavy atom. The van der Waals surface area contributed by atoms with Gasteiger partial charge < -0.3 is 15.4 Å². The van der Waals surface area contributed by atoms with Gasteiger partial charge in [-0.15, -0.1) is 0 Å². The molecule has 7 nitrogen and oxygen atoms in total. The largest absolute Gasteiger partial charge is 0.492 e. The van der Waals surface area contributed by atoms with Gasteiger partial charge in [-0.05, 0) is 24.3 Å². The van der Waals surface area contributed by atoms with Crippen LogP contribution in [0.1, 0.15) is 0 Å². The third kappa shape index (κ3) is 4.36. The molecule has 0 radical (unpaired) electrons. The maximum atomic E-state index is 10.9. The second-order valence-corrected chi connectivity index (χ2v) is 6.51.